The van der Waals surface area contributed by atoms with Gasteiger partial charge in [0.1, 0.15) is 11.4 Å². The van der Waals surface area contributed by atoms with Gasteiger partial charge in [0, 0.05) is 5.69 Å². The van der Waals surface area contributed by atoms with Crippen molar-refractivity contribution in [3.63, 3.8) is 0 Å². The Balaban J connectivity index is 1.83. The molecule has 1 atom stereocenters. The highest BCUT2D eigenvalue weighted by molar-refractivity contribution is 5.60. The minimum Gasteiger partial charge on any atom is -0.487 e. The number of hydrogen-bond acceptors (Lipinski definition) is 2. The topological polar surface area (TPSA) is 35.2 Å². The molecule has 0 saturated heterocycles. The molecule has 2 heteroatoms. The van der Waals surface area contributed by atoms with Gasteiger partial charge in [-0.25, -0.2) is 0 Å². The van der Waals surface area contributed by atoms with Crippen LogP contribution in [0.1, 0.15) is 96.3 Å². The smallest absolute Gasteiger partial charge is 0.126 e. The standard InChI is InChI=1S/C28H43NO/c1-20(2)11-8-12-21(3)13-9-14-22(4)15-10-17-28(7)18-16-25-19-26(29)23(5)24(6)27(25)30-28/h11,13,15,19H,8-10,12,14,16-18,29H2,1-7H3/b21-13+,22-15+/t28-/m1/s1. The third-order valence-corrected chi connectivity index (χ3v) is 6.52. The molecule has 2 rings (SSSR count). The summed E-state index contributed by atoms with van der Waals surface area (Å²) in [7, 11) is 0. The molecular weight excluding hydrogens is 366 g/mol. The summed E-state index contributed by atoms with van der Waals surface area (Å²) in [4.78, 5) is 0. The molecule has 1 aliphatic rings. The Morgan fingerprint density at radius 3 is 2.20 bits per heavy atom. The van der Waals surface area contributed by atoms with Crippen molar-refractivity contribution in [3.05, 3.63) is 57.7 Å². The van der Waals surface area contributed by atoms with Gasteiger partial charge in [-0.2, -0.15) is 0 Å². The molecule has 0 spiro atoms. The number of allylic oxidation sites excluding steroid dienone is 6. The fraction of sp³-hybridized carbons (Fsp3) is 0.571. The van der Waals surface area contributed by atoms with Crippen LogP contribution < -0.4 is 10.5 Å². The second-order valence-electron chi connectivity index (χ2n) is 9.75. The lowest BCUT2D eigenvalue weighted by atomic mass is 9.86. The number of anilines is 1. The lowest BCUT2D eigenvalue weighted by Gasteiger charge is -2.37. The van der Waals surface area contributed by atoms with E-state index in [9.17, 15) is 0 Å². The normalized spacial score (nSPS) is 19.3. The Hall–Kier alpha value is -1.96. The monoisotopic (exact) mass is 409 g/mol. The van der Waals surface area contributed by atoms with Crippen molar-refractivity contribution in [2.75, 3.05) is 5.73 Å². The van der Waals surface area contributed by atoms with E-state index in [1.807, 2.05) is 0 Å². The summed E-state index contributed by atoms with van der Waals surface area (Å²) >= 11 is 0. The fourth-order valence-electron chi connectivity index (χ4n) is 4.15. The van der Waals surface area contributed by atoms with Gasteiger partial charge in [0.05, 0.1) is 0 Å². The van der Waals surface area contributed by atoms with Crippen molar-refractivity contribution in [2.24, 2.45) is 0 Å². The maximum absolute atomic E-state index is 6.54. The van der Waals surface area contributed by atoms with Gasteiger partial charge in [-0.15, -0.1) is 0 Å². The molecule has 0 amide bonds. The maximum atomic E-state index is 6.54. The van der Waals surface area contributed by atoms with Gasteiger partial charge in [0.25, 0.3) is 0 Å². The zero-order chi connectivity index (χ0) is 22.3. The highest BCUT2D eigenvalue weighted by Gasteiger charge is 2.32. The van der Waals surface area contributed by atoms with Crippen LogP contribution in [0.15, 0.2) is 41.0 Å². The van der Waals surface area contributed by atoms with Crippen LogP contribution in [0.5, 0.6) is 5.75 Å². The van der Waals surface area contributed by atoms with E-state index < -0.39 is 0 Å². The minimum absolute atomic E-state index is 0.0848. The predicted molar refractivity (Wildman–Crippen MR) is 132 cm³/mol. The Labute approximate surface area is 185 Å². The van der Waals surface area contributed by atoms with Crippen molar-refractivity contribution < 1.29 is 4.74 Å². The molecule has 0 aromatic heterocycles. The molecule has 30 heavy (non-hydrogen) atoms. The van der Waals surface area contributed by atoms with E-state index in [0.29, 0.717) is 0 Å². The summed E-state index contributed by atoms with van der Waals surface area (Å²) < 4.78 is 6.54. The van der Waals surface area contributed by atoms with Gasteiger partial charge in [-0.1, -0.05) is 34.9 Å². The highest BCUT2D eigenvalue weighted by Crippen LogP contribution is 2.40. The van der Waals surface area contributed by atoms with Gasteiger partial charge in [0.15, 0.2) is 0 Å². The van der Waals surface area contributed by atoms with E-state index in [1.54, 1.807) is 0 Å². The molecule has 0 radical (unpaired) electrons. The molecule has 0 unspecified atom stereocenters. The zero-order valence-corrected chi connectivity index (χ0v) is 20.5. The summed E-state index contributed by atoms with van der Waals surface area (Å²) in [6.07, 6.45) is 16.0. The number of rotatable bonds is 9. The SMILES string of the molecule is CC(C)=CCC/C(C)=C/CC/C(C)=C/CC[C@]1(C)CCc2cc(N)c(C)c(C)c2O1. The summed E-state index contributed by atoms with van der Waals surface area (Å²) in [5, 5.41) is 0. The van der Waals surface area contributed by atoms with E-state index in [1.165, 1.54) is 34.3 Å². The summed E-state index contributed by atoms with van der Waals surface area (Å²) in [6.45, 7) is 15.4. The second-order valence-corrected chi connectivity index (χ2v) is 9.75. The molecule has 1 heterocycles. The van der Waals surface area contributed by atoms with Crippen molar-refractivity contribution in [1.82, 2.24) is 0 Å². The van der Waals surface area contributed by atoms with Crippen LogP contribution in [0.4, 0.5) is 5.69 Å². The number of fused-ring (bicyclic) bond motifs is 1. The van der Waals surface area contributed by atoms with Crippen LogP contribution in [0.3, 0.4) is 0 Å². The van der Waals surface area contributed by atoms with Crippen molar-refractivity contribution in [3.8, 4) is 5.75 Å². The molecule has 1 aromatic carbocycles. The van der Waals surface area contributed by atoms with Crippen LogP contribution in [0, 0.1) is 13.8 Å². The number of ether oxygens (including phenoxy) is 1. The quantitative estimate of drug-likeness (QED) is 0.330. The van der Waals surface area contributed by atoms with Crippen LogP contribution in [-0.2, 0) is 6.42 Å². The largest absolute Gasteiger partial charge is 0.487 e. The maximum Gasteiger partial charge on any atom is 0.126 e. The van der Waals surface area contributed by atoms with Crippen molar-refractivity contribution in [2.45, 2.75) is 105 Å². The van der Waals surface area contributed by atoms with Gasteiger partial charge in [0.2, 0.25) is 0 Å². The molecule has 166 valence electrons. The summed E-state index contributed by atoms with van der Waals surface area (Å²) in [5.41, 5.74) is 15.0. The fourth-order valence-corrected chi connectivity index (χ4v) is 4.15. The second kappa shape index (κ2) is 10.9. The summed E-state index contributed by atoms with van der Waals surface area (Å²) in [6, 6.07) is 2.11. The zero-order valence-electron chi connectivity index (χ0n) is 20.5. The molecule has 1 aromatic rings. The van der Waals surface area contributed by atoms with Crippen LogP contribution in [-0.4, -0.2) is 5.60 Å². The molecule has 0 aliphatic carbocycles. The van der Waals surface area contributed by atoms with Gasteiger partial charge in [-0.05, 0) is 123 Å². The highest BCUT2D eigenvalue weighted by atomic mass is 16.5. The summed E-state index contributed by atoms with van der Waals surface area (Å²) in [5.74, 6) is 1.07. The molecule has 0 fully saturated rings. The first-order chi connectivity index (χ1) is 14.1. The van der Waals surface area contributed by atoms with E-state index in [-0.39, 0.29) is 5.60 Å². The van der Waals surface area contributed by atoms with Gasteiger partial charge in [-0.3, -0.25) is 0 Å². The number of aryl methyl sites for hydroxylation is 1. The van der Waals surface area contributed by atoms with E-state index in [4.69, 9.17) is 10.5 Å². The van der Waals surface area contributed by atoms with E-state index in [2.05, 4.69) is 72.8 Å². The number of hydrogen-bond donors (Lipinski definition) is 1. The average Bonchev–Trinajstić information content (AvgIpc) is 2.67. The average molecular weight is 410 g/mol. The number of nitrogens with two attached hydrogens (primary N) is 1. The third kappa shape index (κ3) is 7.07. The van der Waals surface area contributed by atoms with Crippen LogP contribution in [0.2, 0.25) is 0 Å². The van der Waals surface area contributed by atoms with Gasteiger partial charge >= 0.3 is 0 Å². The molecule has 2 nitrogen and oxygen atoms in total. The Morgan fingerprint density at radius 1 is 0.967 bits per heavy atom. The first-order valence-corrected chi connectivity index (χ1v) is 11.6. The minimum atomic E-state index is -0.0848. The molecule has 0 saturated carbocycles. The van der Waals surface area contributed by atoms with Gasteiger partial charge < -0.3 is 10.5 Å². The number of benzene rings is 1. The number of nitrogen functional groups attached to an aromatic ring is 1. The predicted octanol–water partition coefficient (Wildman–Crippen LogP) is 8.17. The first-order valence-electron chi connectivity index (χ1n) is 11.6. The lowest BCUT2D eigenvalue weighted by Crippen LogP contribution is -2.36. The van der Waals surface area contributed by atoms with Crippen molar-refractivity contribution in [1.29, 1.82) is 0 Å². The Morgan fingerprint density at radius 2 is 1.57 bits per heavy atom. The van der Waals surface area contributed by atoms with Crippen LogP contribution in [0.25, 0.3) is 0 Å². The Kier molecular flexibility index (Phi) is 8.82. The van der Waals surface area contributed by atoms with E-state index >= 15 is 0 Å². The first kappa shape index (κ1) is 24.3. The molecule has 1 aliphatic heterocycles. The third-order valence-electron chi connectivity index (χ3n) is 6.52. The Bertz CT molecular complexity index is 824. The molecule has 2 N–H and O–H groups in total. The lowest BCUT2D eigenvalue weighted by molar-refractivity contribution is 0.0563. The molecule has 0 bridgehead atoms. The molecular formula is C28H43NO. The van der Waals surface area contributed by atoms with E-state index in [0.717, 1.165) is 61.9 Å². The van der Waals surface area contributed by atoms with Crippen molar-refractivity contribution >= 4 is 5.69 Å². The van der Waals surface area contributed by atoms with Crippen LogP contribution >= 0.6 is 0 Å².